The van der Waals surface area contributed by atoms with E-state index in [4.69, 9.17) is 4.98 Å². The van der Waals surface area contributed by atoms with E-state index in [-0.39, 0.29) is 5.91 Å². The van der Waals surface area contributed by atoms with Gasteiger partial charge in [-0.05, 0) is 61.4 Å². The van der Waals surface area contributed by atoms with Crippen LogP contribution in [0.4, 0.5) is 0 Å². The summed E-state index contributed by atoms with van der Waals surface area (Å²) in [6.45, 7) is 13.4. The number of hydrogen-bond donors (Lipinski definition) is 0. The van der Waals surface area contributed by atoms with Gasteiger partial charge in [-0.2, -0.15) is 5.26 Å². The Balaban J connectivity index is 2.02. The number of imidazole rings is 1. The molecular formula is C30H40N4O. The van der Waals surface area contributed by atoms with E-state index < -0.39 is 0 Å². The van der Waals surface area contributed by atoms with Crippen molar-refractivity contribution in [2.75, 3.05) is 13.1 Å². The molecule has 0 fully saturated rings. The van der Waals surface area contributed by atoms with Gasteiger partial charge in [0.15, 0.2) is 0 Å². The Morgan fingerprint density at radius 3 is 2.37 bits per heavy atom. The number of unbranched alkanes of at least 4 members (excludes halogenated alkanes) is 2. The Kier molecular flexibility index (Phi) is 9.48. The highest BCUT2D eigenvalue weighted by atomic mass is 16.2. The van der Waals surface area contributed by atoms with Crippen LogP contribution in [0.25, 0.3) is 22.4 Å². The second-order valence-electron chi connectivity index (χ2n) is 10.3. The zero-order valence-corrected chi connectivity index (χ0v) is 22.1. The second-order valence-corrected chi connectivity index (χ2v) is 10.3. The number of nitriles is 1. The van der Waals surface area contributed by atoms with E-state index in [1.165, 1.54) is 0 Å². The third-order valence-corrected chi connectivity index (χ3v) is 6.47. The summed E-state index contributed by atoms with van der Waals surface area (Å²) < 4.78 is 2.23. The van der Waals surface area contributed by atoms with Crippen LogP contribution in [0.5, 0.6) is 0 Å². The van der Waals surface area contributed by atoms with Crippen molar-refractivity contribution in [3.05, 3.63) is 53.6 Å². The normalized spacial score (nSPS) is 11.4. The SMILES string of the molecule is CCCCCn1c(-c2cccc(C#N)c2)nc2ccc(C(=O)N(CCC(C)C)CCC(C)C)cc21. The molecule has 0 aliphatic rings. The molecule has 5 heteroatoms. The minimum atomic E-state index is 0.0996. The quantitative estimate of drug-likeness (QED) is 0.260. The van der Waals surface area contributed by atoms with Gasteiger partial charge in [-0.15, -0.1) is 0 Å². The van der Waals surface area contributed by atoms with Crippen LogP contribution in [0.2, 0.25) is 0 Å². The number of hydrogen-bond acceptors (Lipinski definition) is 3. The van der Waals surface area contributed by atoms with Gasteiger partial charge in [-0.1, -0.05) is 59.6 Å². The zero-order valence-electron chi connectivity index (χ0n) is 22.1. The summed E-state index contributed by atoms with van der Waals surface area (Å²) in [6, 6.07) is 15.8. The lowest BCUT2D eigenvalue weighted by atomic mass is 10.1. The van der Waals surface area contributed by atoms with Crippen molar-refractivity contribution < 1.29 is 4.79 Å². The number of amides is 1. The molecule has 0 aliphatic carbocycles. The number of aromatic nitrogens is 2. The number of nitrogens with zero attached hydrogens (tertiary/aromatic N) is 4. The van der Waals surface area contributed by atoms with Crippen LogP contribution in [0, 0.1) is 23.2 Å². The maximum Gasteiger partial charge on any atom is 0.253 e. The second kappa shape index (κ2) is 12.5. The Labute approximate surface area is 210 Å². The molecule has 0 radical (unpaired) electrons. The van der Waals surface area contributed by atoms with Crippen molar-refractivity contribution in [3.63, 3.8) is 0 Å². The van der Waals surface area contributed by atoms with E-state index in [1.807, 2.05) is 47.4 Å². The lowest BCUT2D eigenvalue weighted by Gasteiger charge is -2.24. The van der Waals surface area contributed by atoms with E-state index in [2.05, 4.69) is 45.3 Å². The van der Waals surface area contributed by atoms with Crippen LogP contribution >= 0.6 is 0 Å². The molecule has 35 heavy (non-hydrogen) atoms. The highest BCUT2D eigenvalue weighted by molar-refractivity contribution is 5.98. The third-order valence-electron chi connectivity index (χ3n) is 6.47. The van der Waals surface area contributed by atoms with E-state index in [1.54, 1.807) is 0 Å². The van der Waals surface area contributed by atoms with Gasteiger partial charge < -0.3 is 9.47 Å². The minimum Gasteiger partial charge on any atom is -0.339 e. The maximum absolute atomic E-state index is 13.6. The fraction of sp³-hybridized carbons (Fsp3) is 0.500. The summed E-state index contributed by atoms with van der Waals surface area (Å²) in [4.78, 5) is 20.6. The lowest BCUT2D eigenvalue weighted by molar-refractivity contribution is 0.0741. The molecule has 3 rings (SSSR count). The van der Waals surface area contributed by atoms with Crippen molar-refractivity contribution in [2.24, 2.45) is 11.8 Å². The summed E-state index contributed by atoms with van der Waals surface area (Å²) in [5, 5.41) is 9.38. The number of benzene rings is 2. The first-order valence-electron chi connectivity index (χ1n) is 13.1. The molecular weight excluding hydrogens is 432 g/mol. The molecule has 5 nitrogen and oxygen atoms in total. The van der Waals surface area contributed by atoms with Gasteiger partial charge in [0.05, 0.1) is 22.7 Å². The summed E-state index contributed by atoms with van der Waals surface area (Å²) in [5.74, 6) is 2.06. The van der Waals surface area contributed by atoms with E-state index in [9.17, 15) is 10.1 Å². The van der Waals surface area contributed by atoms with Crippen LogP contribution < -0.4 is 0 Å². The van der Waals surface area contributed by atoms with Crippen LogP contribution in [-0.2, 0) is 6.54 Å². The van der Waals surface area contributed by atoms with Crippen LogP contribution in [0.3, 0.4) is 0 Å². The first kappa shape index (κ1) is 26.5. The van der Waals surface area contributed by atoms with Gasteiger partial charge >= 0.3 is 0 Å². The number of carbonyl (C=O) groups excluding carboxylic acids is 1. The van der Waals surface area contributed by atoms with Crippen LogP contribution in [-0.4, -0.2) is 33.4 Å². The Hall–Kier alpha value is -3.13. The average Bonchev–Trinajstić information content (AvgIpc) is 3.21. The van der Waals surface area contributed by atoms with Crippen molar-refractivity contribution in [1.82, 2.24) is 14.5 Å². The molecule has 0 spiro atoms. The van der Waals surface area contributed by atoms with Crippen molar-refractivity contribution >= 4 is 16.9 Å². The topological polar surface area (TPSA) is 61.9 Å². The number of rotatable bonds is 12. The number of carbonyl (C=O) groups is 1. The van der Waals surface area contributed by atoms with Gasteiger partial charge in [0, 0.05) is 30.8 Å². The van der Waals surface area contributed by atoms with Gasteiger partial charge in [0.1, 0.15) is 5.82 Å². The first-order valence-corrected chi connectivity index (χ1v) is 13.1. The summed E-state index contributed by atoms with van der Waals surface area (Å²) in [5.41, 5.74) is 4.14. The molecule has 1 amide bonds. The molecule has 0 unspecified atom stereocenters. The van der Waals surface area contributed by atoms with Crippen molar-refractivity contribution in [3.8, 4) is 17.5 Å². The summed E-state index contributed by atoms with van der Waals surface area (Å²) >= 11 is 0. The Morgan fingerprint density at radius 1 is 1.03 bits per heavy atom. The van der Waals surface area contributed by atoms with E-state index >= 15 is 0 Å². The highest BCUT2D eigenvalue weighted by Crippen LogP contribution is 2.27. The Morgan fingerprint density at radius 2 is 1.74 bits per heavy atom. The maximum atomic E-state index is 13.6. The molecule has 0 N–H and O–H groups in total. The molecule has 0 atom stereocenters. The predicted molar refractivity (Wildman–Crippen MR) is 144 cm³/mol. The molecule has 1 heterocycles. The molecule has 0 saturated carbocycles. The minimum absolute atomic E-state index is 0.0996. The molecule has 186 valence electrons. The van der Waals surface area contributed by atoms with Gasteiger partial charge in [0.25, 0.3) is 5.91 Å². The van der Waals surface area contributed by atoms with Crippen LogP contribution in [0.15, 0.2) is 42.5 Å². The first-order chi connectivity index (χ1) is 16.8. The van der Waals surface area contributed by atoms with Crippen molar-refractivity contribution in [1.29, 1.82) is 5.26 Å². The fourth-order valence-corrected chi connectivity index (χ4v) is 4.28. The molecule has 3 aromatic rings. The molecule has 2 aromatic carbocycles. The summed E-state index contributed by atoms with van der Waals surface area (Å²) in [7, 11) is 0. The standard InChI is InChI=1S/C30H40N4O/c1-6-7-8-16-34-28-20-26(30(35)33(17-14-22(2)3)18-15-23(4)5)12-13-27(28)32-29(34)25-11-9-10-24(19-25)21-31/h9-13,19-20,22-23H,6-8,14-18H2,1-5H3. The van der Waals surface area contributed by atoms with Gasteiger partial charge in [-0.3, -0.25) is 4.79 Å². The average molecular weight is 473 g/mol. The molecule has 0 aliphatic heterocycles. The van der Waals surface area contributed by atoms with Crippen LogP contribution in [0.1, 0.15) is 82.6 Å². The van der Waals surface area contributed by atoms with Gasteiger partial charge in [0.2, 0.25) is 0 Å². The molecule has 0 bridgehead atoms. The molecule has 1 aromatic heterocycles. The van der Waals surface area contributed by atoms with Gasteiger partial charge in [-0.25, -0.2) is 4.98 Å². The highest BCUT2D eigenvalue weighted by Gasteiger charge is 2.20. The Bertz CT molecular complexity index is 1160. The van der Waals surface area contributed by atoms with Crippen molar-refractivity contribution in [2.45, 2.75) is 73.3 Å². The molecule has 0 saturated heterocycles. The number of fused-ring (bicyclic) bond motifs is 1. The third kappa shape index (κ3) is 6.94. The largest absolute Gasteiger partial charge is 0.339 e. The van der Waals surface area contributed by atoms with E-state index in [0.29, 0.717) is 17.4 Å². The smallest absolute Gasteiger partial charge is 0.253 e. The zero-order chi connectivity index (χ0) is 25.4. The predicted octanol–water partition coefficient (Wildman–Crippen LogP) is 7.30. The lowest BCUT2D eigenvalue weighted by Crippen LogP contribution is -2.34. The summed E-state index contributed by atoms with van der Waals surface area (Å²) in [6.07, 6.45) is 5.31. The van der Waals surface area contributed by atoms with E-state index in [0.717, 1.165) is 79.7 Å². The number of aryl methyl sites for hydroxylation is 1. The monoisotopic (exact) mass is 472 g/mol. The fourth-order valence-electron chi connectivity index (χ4n) is 4.28.